The number of anilines is 1. The Balaban J connectivity index is 1.81. The maximum absolute atomic E-state index is 13.7. The van der Waals surface area contributed by atoms with Gasteiger partial charge >= 0.3 is 0 Å². The number of halogens is 2. The van der Waals surface area contributed by atoms with Crippen molar-refractivity contribution >= 4 is 42.6 Å². The number of hydrogen-bond donors (Lipinski definition) is 1. The lowest BCUT2D eigenvalue weighted by molar-refractivity contribution is 0.102. The quantitative estimate of drug-likeness (QED) is 0.651. The second kappa shape index (κ2) is 7.90. The van der Waals surface area contributed by atoms with Crippen LogP contribution < -0.4 is 5.32 Å². The number of aromatic nitrogens is 1. The van der Waals surface area contributed by atoms with Gasteiger partial charge in [0.25, 0.3) is 5.91 Å². The first-order chi connectivity index (χ1) is 13.3. The molecule has 0 saturated heterocycles. The van der Waals surface area contributed by atoms with Crippen molar-refractivity contribution in [3.8, 4) is 0 Å². The van der Waals surface area contributed by atoms with Crippen molar-refractivity contribution in [2.45, 2.75) is 18.7 Å². The van der Waals surface area contributed by atoms with Gasteiger partial charge in [-0.2, -0.15) is 4.31 Å². The topological polar surface area (TPSA) is 79.4 Å². The number of amides is 1. The van der Waals surface area contributed by atoms with Crippen LogP contribution in [0.3, 0.4) is 0 Å². The molecule has 28 heavy (non-hydrogen) atoms. The lowest BCUT2D eigenvalue weighted by Gasteiger charge is -2.18. The molecule has 0 saturated carbocycles. The molecule has 0 aliphatic carbocycles. The van der Waals surface area contributed by atoms with Crippen molar-refractivity contribution in [2.75, 3.05) is 18.4 Å². The molecule has 3 aromatic rings. The lowest BCUT2D eigenvalue weighted by atomic mass is 10.2. The highest BCUT2D eigenvalue weighted by Gasteiger charge is 2.22. The van der Waals surface area contributed by atoms with E-state index in [-0.39, 0.29) is 25.8 Å². The molecule has 1 aromatic heterocycles. The van der Waals surface area contributed by atoms with Gasteiger partial charge in [0.05, 0.1) is 9.60 Å². The number of carbonyl (C=O) groups excluding carboxylic acids is 1. The molecule has 1 N–H and O–H groups in total. The van der Waals surface area contributed by atoms with Crippen LogP contribution in [0.25, 0.3) is 10.2 Å². The average molecular weight is 425 g/mol. The van der Waals surface area contributed by atoms with Gasteiger partial charge in [-0.05, 0) is 30.3 Å². The molecule has 0 spiro atoms. The van der Waals surface area contributed by atoms with Gasteiger partial charge in [0, 0.05) is 24.7 Å². The molecule has 148 valence electrons. The summed E-state index contributed by atoms with van der Waals surface area (Å²) in [5.74, 6) is -2.07. The van der Waals surface area contributed by atoms with Crippen LogP contribution in [0.1, 0.15) is 24.2 Å². The number of fused-ring (bicyclic) bond motifs is 1. The molecule has 1 amide bonds. The smallest absolute Gasteiger partial charge is 0.257 e. The minimum absolute atomic E-state index is 0.0256. The van der Waals surface area contributed by atoms with Gasteiger partial charge in [0.15, 0.2) is 10.9 Å². The van der Waals surface area contributed by atoms with E-state index in [9.17, 15) is 22.0 Å². The Kier molecular flexibility index (Phi) is 5.73. The first kappa shape index (κ1) is 20.3. The summed E-state index contributed by atoms with van der Waals surface area (Å²) in [4.78, 5) is 16.4. The van der Waals surface area contributed by atoms with E-state index in [0.29, 0.717) is 13.1 Å². The van der Waals surface area contributed by atoms with Crippen LogP contribution in [-0.4, -0.2) is 36.7 Å². The summed E-state index contributed by atoms with van der Waals surface area (Å²) in [6.45, 7) is 4.18. The summed E-state index contributed by atoms with van der Waals surface area (Å²) in [5.41, 5.74) is 0.187. The van der Waals surface area contributed by atoms with Crippen LogP contribution in [0, 0.1) is 11.6 Å². The van der Waals surface area contributed by atoms with Gasteiger partial charge in [-0.15, -0.1) is 0 Å². The van der Waals surface area contributed by atoms with Crippen molar-refractivity contribution in [3.63, 3.8) is 0 Å². The summed E-state index contributed by atoms with van der Waals surface area (Å²) in [6, 6.07) is 7.35. The first-order valence-electron chi connectivity index (χ1n) is 8.43. The maximum atomic E-state index is 13.7. The van der Waals surface area contributed by atoms with E-state index < -0.39 is 27.6 Å². The highest BCUT2D eigenvalue weighted by molar-refractivity contribution is 7.89. The Labute approximate surface area is 164 Å². The molecular formula is C18H17F2N3O3S2. The molecule has 0 aliphatic rings. The number of rotatable bonds is 6. The summed E-state index contributed by atoms with van der Waals surface area (Å²) < 4.78 is 53.5. The fourth-order valence-corrected chi connectivity index (χ4v) is 5.03. The minimum Gasteiger partial charge on any atom is -0.298 e. The largest absolute Gasteiger partial charge is 0.298 e. The molecule has 0 fully saturated rings. The van der Waals surface area contributed by atoms with Gasteiger partial charge in [0.2, 0.25) is 10.0 Å². The summed E-state index contributed by atoms with van der Waals surface area (Å²) in [7, 11) is -3.61. The summed E-state index contributed by atoms with van der Waals surface area (Å²) in [5, 5.41) is 2.63. The van der Waals surface area contributed by atoms with Crippen LogP contribution in [0.4, 0.5) is 13.9 Å². The molecule has 3 rings (SSSR count). The molecule has 10 heteroatoms. The van der Waals surface area contributed by atoms with Crippen molar-refractivity contribution in [3.05, 3.63) is 53.6 Å². The van der Waals surface area contributed by atoms with Crippen molar-refractivity contribution in [1.29, 1.82) is 0 Å². The number of carbonyl (C=O) groups is 1. The Bertz CT molecular complexity index is 1120. The van der Waals surface area contributed by atoms with E-state index in [1.165, 1.54) is 28.6 Å². The number of nitrogens with zero attached hydrogens (tertiary/aromatic N) is 2. The van der Waals surface area contributed by atoms with Gasteiger partial charge in [0.1, 0.15) is 11.3 Å². The molecule has 6 nitrogen and oxygen atoms in total. The third-order valence-electron chi connectivity index (χ3n) is 4.09. The Morgan fingerprint density at radius 1 is 1.14 bits per heavy atom. The lowest BCUT2D eigenvalue weighted by Crippen LogP contribution is -2.30. The van der Waals surface area contributed by atoms with E-state index in [2.05, 4.69) is 10.3 Å². The monoisotopic (exact) mass is 425 g/mol. The van der Waals surface area contributed by atoms with Crippen LogP contribution >= 0.6 is 11.3 Å². The SMILES string of the molecule is CCN(CC)S(=O)(=O)c1ccc(C(=O)Nc2nc3c(F)cc(F)cc3s2)cc1. The van der Waals surface area contributed by atoms with Crippen molar-refractivity contribution in [1.82, 2.24) is 9.29 Å². The average Bonchev–Trinajstić information content (AvgIpc) is 3.05. The molecule has 0 unspecified atom stereocenters. The van der Waals surface area contributed by atoms with Crippen LogP contribution in [0.15, 0.2) is 41.3 Å². The standard InChI is InChI=1S/C18H17F2N3O3S2/c1-3-23(4-2)28(25,26)13-7-5-11(6-8-13)17(24)22-18-21-16-14(20)9-12(19)10-15(16)27-18/h5-10H,3-4H2,1-2H3,(H,21,22,24). The third-order valence-corrected chi connectivity index (χ3v) is 7.08. The van der Waals surface area contributed by atoms with E-state index in [1.54, 1.807) is 13.8 Å². The van der Waals surface area contributed by atoms with Gasteiger partial charge < -0.3 is 0 Å². The fraction of sp³-hybridized carbons (Fsp3) is 0.222. The predicted molar refractivity (Wildman–Crippen MR) is 104 cm³/mol. The second-order valence-corrected chi connectivity index (χ2v) is 8.79. The zero-order valence-corrected chi connectivity index (χ0v) is 16.7. The molecule has 2 aromatic carbocycles. The normalized spacial score (nSPS) is 11.9. The third kappa shape index (κ3) is 3.89. The molecule has 0 aliphatic heterocycles. The predicted octanol–water partition coefficient (Wildman–Crippen LogP) is 3.86. The number of benzene rings is 2. The zero-order valence-electron chi connectivity index (χ0n) is 15.1. The molecule has 0 radical (unpaired) electrons. The minimum atomic E-state index is -3.61. The highest BCUT2D eigenvalue weighted by atomic mass is 32.2. The van der Waals surface area contributed by atoms with Gasteiger partial charge in [-0.25, -0.2) is 22.2 Å². The Hall–Kier alpha value is -2.43. The van der Waals surface area contributed by atoms with Gasteiger partial charge in [-0.3, -0.25) is 10.1 Å². The van der Waals surface area contributed by atoms with Gasteiger partial charge in [-0.1, -0.05) is 25.2 Å². The second-order valence-electron chi connectivity index (χ2n) is 5.82. The van der Waals surface area contributed by atoms with Crippen LogP contribution in [0.2, 0.25) is 0 Å². The van der Waals surface area contributed by atoms with E-state index in [0.717, 1.165) is 23.5 Å². The summed E-state index contributed by atoms with van der Waals surface area (Å²) in [6.07, 6.45) is 0. The summed E-state index contributed by atoms with van der Waals surface area (Å²) >= 11 is 0.940. The first-order valence-corrected chi connectivity index (χ1v) is 10.7. The number of thiazole rings is 1. The molecule has 0 bridgehead atoms. The van der Waals surface area contributed by atoms with Crippen LogP contribution in [-0.2, 0) is 10.0 Å². The molecular weight excluding hydrogens is 408 g/mol. The Morgan fingerprint density at radius 3 is 2.39 bits per heavy atom. The molecule has 1 heterocycles. The number of sulfonamides is 1. The van der Waals surface area contributed by atoms with E-state index in [4.69, 9.17) is 0 Å². The van der Waals surface area contributed by atoms with E-state index >= 15 is 0 Å². The van der Waals surface area contributed by atoms with Crippen molar-refractivity contribution < 1.29 is 22.0 Å². The maximum Gasteiger partial charge on any atom is 0.257 e. The number of nitrogens with one attached hydrogen (secondary N) is 1. The zero-order chi connectivity index (χ0) is 20.5. The highest BCUT2D eigenvalue weighted by Crippen LogP contribution is 2.29. The molecule has 0 atom stereocenters. The van der Waals surface area contributed by atoms with E-state index in [1.807, 2.05) is 0 Å². The Morgan fingerprint density at radius 2 is 1.79 bits per heavy atom. The van der Waals surface area contributed by atoms with Crippen molar-refractivity contribution in [2.24, 2.45) is 0 Å². The van der Waals surface area contributed by atoms with Crippen LogP contribution in [0.5, 0.6) is 0 Å². The fourth-order valence-electron chi connectivity index (χ4n) is 2.67. The number of hydrogen-bond acceptors (Lipinski definition) is 5.